The molecule has 0 aromatic carbocycles. The zero-order valence-electron chi connectivity index (χ0n) is 11.4. The molecule has 0 bridgehead atoms. The van der Waals surface area contributed by atoms with Crippen molar-refractivity contribution in [3.63, 3.8) is 0 Å². The first-order chi connectivity index (χ1) is 8.63. The van der Waals surface area contributed by atoms with Gasteiger partial charge in [0.15, 0.2) is 0 Å². The summed E-state index contributed by atoms with van der Waals surface area (Å²) in [7, 11) is 0. The number of halogens is 1. The van der Waals surface area contributed by atoms with E-state index in [4.69, 9.17) is 0 Å². The molecule has 1 aromatic rings. The third kappa shape index (κ3) is 3.29. The van der Waals surface area contributed by atoms with Crippen molar-refractivity contribution in [2.75, 3.05) is 6.54 Å². The maximum absolute atomic E-state index is 12.9. The van der Waals surface area contributed by atoms with Crippen molar-refractivity contribution in [2.45, 2.75) is 52.0 Å². The lowest BCUT2D eigenvalue weighted by Crippen LogP contribution is -2.32. The van der Waals surface area contributed by atoms with E-state index in [1.54, 1.807) is 6.07 Å². The Kier molecular flexibility index (Phi) is 4.33. The third-order valence-corrected chi connectivity index (χ3v) is 4.10. The topological polar surface area (TPSA) is 24.9 Å². The Balaban J connectivity index is 1.95. The summed E-state index contributed by atoms with van der Waals surface area (Å²) in [5.74, 6) is -0.267. The molecule has 1 aromatic heterocycles. The second kappa shape index (κ2) is 5.79. The van der Waals surface area contributed by atoms with E-state index in [1.807, 2.05) is 0 Å². The summed E-state index contributed by atoms with van der Waals surface area (Å²) in [5.41, 5.74) is 1.38. The van der Waals surface area contributed by atoms with E-state index in [-0.39, 0.29) is 11.9 Å². The molecule has 0 spiro atoms. The quantitative estimate of drug-likeness (QED) is 0.858. The monoisotopic (exact) mass is 250 g/mol. The second-order valence-electron chi connectivity index (χ2n) is 5.76. The highest BCUT2D eigenvalue weighted by Gasteiger charge is 2.29. The maximum atomic E-state index is 12.9. The highest BCUT2D eigenvalue weighted by Crippen LogP contribution is 2.37. The lowest BCUT2D eigenvalue weighted by molar-refractivity contribution is 0.294. The normalized spacial score (nSPS) is 19.9. The molecule has 0 saturated heterocycles. The van der Waals surface area contributed by atoms with Crippen molar-refractivity contribution in [1.82, 2.24) is 10.3 Å². The fourth-order valence-corrected chi connectivity index (χ4v) is 2.83. The summed E-state index contributed by atoms with van der Waals surface area (Å²) in [6.07, 6.45) is 7.61. The number of hydrogen-bond acceptors (Lipinski definition) is 2. The summed E-state index contributed by atoms with van der Waals surface area (Å²) in [5, 5.41) is 3.60. The Morgan fingerprint density at radius 1 is 1.39 bits per heavy atom. The van der Waals surface area contributed by atoms with Gasteiger partial charge in [0.25, 0.3) is 0 Å². The Hall–Kier alpha value is -0.960. The van der Waals surface area contributed by atoms with Crippen molar-refractivity contribution >= 4 is 0 Å². The standard InChI is InChI=1S/C15H23FN2/c1-3-13(14-7-6-12(16)10-17-14)18-11-15(2)8-4-5-9-15/h6-7,10,13,18H,3-5,8-9,11H2,1-2H3. The average Bonchev–Trinajstić information content (AvgIpc) is 2.79. The number of rotatable bonds is 5. The Bertz CT molecular complexity index is 369. The van der Waals surface area contributed by atoms with Crippen LogP contribution in [0.3, 0.4) is 0 Å². The van der Waals surface area contributed by atoms with Gasteiger partial charge >= 0.3 is 0 Å². The molecule has 1 N–H and O–H groups in total. The van der Waals surface area contributed by atoms with Crippen LogP contribution >= 0.6 is 0 Å². The van der Waals surface area contributed by atoms with E-state index in [0.717, 1.165) is 18.7 Å². The molecule has 1 aliphatic carbocycles. The van der Waals surface area contributed by atoms with Crippen LogP contribution < -0.4 is 5.32 Å². The van der Waals surface area contributed by atoms with Crippen LogP contribution in [0.1, 0.15) is 57.7 Å². The van der Waals surface area contributed by atoms with Crippen LogP contribution in [0.5, 0.6) is 0 Å². The first kappa shape index (κ1) is 13.5. The molecule has 3 heteroatoms. The summed E-state index contributed by atoms with van der Waals surface area (Å²) < 4.78 is 12.9. The molecule has 2 nitrogen and oxygen atoms in total. The van der Waals surface area contributed by atoms with Crippen molar-refractivity contribution < 1.29 is 4.39 Å². The molecule has 1 aliphatic rings. The number of pyridine rings is 1. The van der Waals surface area contributed by atoms with Crippen LogP contribution in [0, 0.1) is 11.2 Å². The lowest BCUT2D eigenvalue weighted by Gasteiger charge is -2.27. The minimum Gasteiger partial charge on any atom is -0.308 e. The van der Waals surface area contributed by atoms with Crippen LogP contribution in [0.25, 0.3) is 0 Å². The fraction of sp³-hybridized carbons (Fsp3) is 0.667. The van der Waals surface area contributed by atoms with Crippen molar-refractivity contribution in [2.24, 2.45) is 5.41 Å². The van der Waals surface area contributed by atoms with Crippen molar-refractivity contribution in [3.8, 4) is 0 Å². The van der Waals surface area contributed by atoms with Crippen LogP contribution in [0.2, 0.25) is 0 Å². The van der Waals surface area contributed by atoms with Gasteiger partial charge in [-0.05, 0) is 36.8 Å². The van der Waals surface area contributed by atoms with Crippen LogP contribution in [0.15, 0.2) is 18.3 Å². The van der Waals surface area contributed by atoms with Gasteiger partial charge in [0, 0.05) is 12.6 Å². The molecule has 0 amide bonds. The Labute approximate surface area is 109 Å². The second-order valence-corrected chi connectivity index (χ2v) is 5.76. The average molecular weight is 250 g/mol. The zero-order chi connectivity index (χ0) is 13.0. The summed E-state index contributed by atoms with van der Waals surface area (Å²) in [4.78, 5) is 4.18. The number of nitrogens with zero attached hydrogens (tertiary/aromatic N) is 1. The van der Waals surface area contributed by atoms with Gasteiger partial charge in [0.05, 0.1) is 11.9 Å². The van der Waals surface area contributed by atoms with Gasteiger partial charge in [0.1, 0.15) is 5.82 Å². The van der Waals surface area contributed by atoms with Crippen molar-refractivity contribution in [1.29, 1.82) is 0 Å². The van der Waals surface area contributed by atoms with E-state index >= 15 is 0 Å². The van der Waals surface area contributed by atoms with Gasteiger partial charge in [-0.2, -0.15) is 0 Å². The molecule has 18 heavy (non-hydrogen) atoms. The van der Waals surface area contributed by atoms with Gasteiger partial charge in [0.2, 0.25) is 0 Å². The highest BCUT2D eigenvalue weighted by atomic mass is 19.1. The van der Waals surface area contributed by atoms with E-state index in [0.29, 0.717) is 5.41 Å². The molecular weight excluding hydrogens is 227 g/mol. The molecule has 1 saturated carbocycles. The Morgan fingerprint density at radius 3 is 2.67 bits per heavy atom. The molecule has 0 radical (unpaired) electrons. The smallest absolute Gasteiger partial charge is 0.141 e. The largest absolute Gasteiger partial charge is 0.308 e. The van der Waals surface area contributed by atoms with E-state index in [2.05, 4.69) is 24.1 Å². The first-order valence-corrected chi connectivity index (χ1v) is 6.98. The lowest BCUT2D eigenvalue weighted by atomic mass is 9.88. The highest BCUT2D eigenvalue weighted by molar-refractivity contribution is 5.09. The van der Waals surface area contributed by atoms with E-state index in [1.165, 1.54) is 37.9 Å². The molecule has 1 atom stereocenters. The van der Waals surface area contributed by atoms with Crippen LogP contribution in [-0.2, 0) is 0 Å². The maximum Gasteiger partial charge on any atom is 0.141 e. The summed E-state index contributed by atoms with van der Waals surface area (Å²) in [6, 6.07) is 3.51. The van der Waals surface area contributed by atoms with Gasteiger partial charge in [-0.25, -0.2) is 4.39 Å². The molecule has 1 fully saturated rings. The molecule has 100 valence electrons. The summed E-state index contributed by atoms with van der Waals surface area (Å²) >= 11 is 0. The minimum atomic E-state index is -0.267. The van der Waals surface area contributed by atoms with Crippen molar-refractivity contribution in [3.05, 3.63) is 29.8 Å². The molecule has 1 heterocycles. The van der Waals surface area contributed by atoms with Gasteiger partial charge < -0.3 is 5.32 Å². The minimum absolute atomic E-state index is 0.239. The Morgan fingerprint density at radius 2 is 2.11 bits per heavy atom. The number of aromatic nitrogens is 1. The van der Waals surface area contributed by atoms with Gasteiger partial charge in [-0.15, -0.1) is 0 Å². The number of hydrogen-bond donors (Lipinski definition) is 1. The molecule has 0 aliphatic heterocycles. The molecular formula is C15H23FN2. The summed E-state index contributed by atoms with van der Waals surface area (Å²) in [6.45, 7) is 5.53. The zero-order valence-corrected chi connectivity index (χ0v) is 11.4. The van der Waals surface area contributed by atoms with Gasteiger partial charge in [-0.3, -0.25) is 4.98 Å². The molecule has 2 rings (SSSR count). The molecule has 1 unspecified atom stereocenters. The van der Waals surface area contributed by atoms with Crippen LogP contribution in [-0.4, -0.2) is 11.5 Å². The predicted octanol–water partition coefficient (Wildman–Crippen LogP) is 3.84. The SMILES string of the molecule is CCC(NCC1(C)CCCC1)c1ccc(F)cn1. The first-order valence-electron chi connectivity index (χ1n) is 6.98. The number of nitrogens with one attached hydrogen (secondary N) is 1. The van der Waals surface area contributed by atoms with E-state index < -0.39 is 0 Å². The van der Waals surface area contributed by atoms with Crippen LogP contribution in [0.4, 0.5) is 4.39 Å². The van der Waals surface area contributed by atoms with E-state index in [9.17, 15) is 4.39 Å². The fourth-order valence-electron chi connectivity index (χ4n) is 2.83. The van der Waals surface area contributed by atoms with Gasteiger partial charge in [-0.1, -0.05) is 26.7 Å². The third-order valence-electron chi connectivity index (χ3n) is 4.10. The predicted molar refractivity (Wildman–Crippen MR) is 71.8 cm³/mol.